The molecule has 0 amide bonds. The highest BCUT2D eigenvalue weighted by Gasteiger charge is 1.84. The van der Waals surface area contributed by atoms with E-state index in [1.807, 2.05) is 27.7 Å². The zero-order chi connectivity index (χ0) is 13.4. The number of aryl methyl sites for hydroxylation is 2. The van der Waals surface area contributed by atoms with Crippen molar-refractivity contribution >= 4 is 0 Å². The zero-order valence-electron chi connectivity index (χ0n) is 12.7. The maximum atomic E-state index is 2.18. The van der Waals surface area contributed by atoms with Crippen molar-refractivity contribution < 1.29 is 0 Å². The van der Waals surface area contributed by atoms with Gasteiger partial charge >= 0.3 is 0 Å². The van der Waals surface area contributed by atoms with Crippen molar-refractivity contribution in [2.75, 3.05) is 0 Å². The zero-order valence-corrected chi connectivity index (χ0v) is 12.7. The molecule has 0 atom stereocenters. The number of hydrogen-bond donors (Lipinski definition) is 0. The summed E-state index contributed by atoms with van der Waals surface area (Å²) in [6.45, 7) is 16.5. The van der Waals surface area contributed by atoms with Crippen LogP contribution < -0.4 is 0 Å². The molecule has 1 rings (SSSR count). The topological polar surface area (TPSA) is 0 Å². The van der Waals surface area contributed by atoms with Crippen molar-refractivity contribution in [3.63, 3.8) is 0 Å². The Kier molecular flexibility index (Phi) is 25.4. The van der Waals surface area contributed by atoms with Gasteiger partial charge in [-0.15, -0.1) is 0 Å². The van der Waals surface area contributed by atoms with E-state index in [4.69, 9.17) is 0 Å². The van der Waals surface area contributed by atoms with Gasteiger partial charge in [0.15, 0.2) is 0 Å². The second kappa shape index (κ2) is 19.7. The third-order valence-electron chi connectivity index (χ3n) is 1.53. The van der Waals surface area contributed by atoms with E-state index in [2.05, 4.69) is 52.0 Å². The highest BCUT2D eigenvalue weighted by atomic mass is 13.9. The molecule has 0 heteroatoms. The predicted octanol–water partition coefficient (Wildman–Crippen LogP) is 6.03. The lowest BCUT2D eigenvalue weighted by molar-refractivity contribution is 1.09. The molecule has 0 spiro atoms. The molecule has 1 aromatic carbocycles. The summed E-state index contributed by atoms with van der Waals surface area (Å²) in [5.41, 5.74) is 2.76. The molecule has 0 aromatic heterocycles. The molecule has 0 saturated heterocycles. The maximum absolute atomic E-state index is 2.18. The van der Waals surface area contributed by atoms with Crippen LogP contribution in [0.2, 0.25) is 0 Å². The van der Waals surface area contributed by atoms with Crippen LogP contribution in [0.25, 0.3) is 0 Å². The van der Waals surface area contributed by atoms with Crippen molar-refractivity contribution in [1.82, 2.24) is 0 Å². The van der Waals surface area contributed by atoms with Gasteiger partial charge in [-0.3, -0.25) is 0 Å². The second-order valence-electron chi connectivity index (χ2n) is 3.05. The first-order valence-corrected chi connectivity index (χ1v) is 6.80. The van der Waals surface area contributed by atoms with Crippen molar-refractivity contribution in [3.8, 4) is 0 Å². The summed E-state index contributed by atoms with van der Waals surface area (Å²) in [5.74, 6) is 0. The molecule has 0 saturated carbocycles. The molecular formula is C16H32. The lowest BCUT2D eigenvalue weighted by atomic mass is 10.1. The molecule has 1 aromatic rings. The van der Waals surface area contributed by atoms with Crippen molar-refractivity contribution in [3.05, 3.63) is 35.4 Å². The van der Waals surface area contributed by atoms with E-state index >= 15 is 0 Å². The molecule has 0 heterocycles. The molecule has 0 nitrogen and oxygen atoms in total. The van der Waals surface area contributed by atoms with Crippen LogP contribution in [0.4, 0.5) is 0 Å². The van der Waals surface area contributed by atoms with E-state index < -0.39 is 0 Å². The number of benzene rings is 1. The molecular weight excluding hydrogens is 192 g/mol. The van der Waals surface area contributed by atoms with Gasteiger partial charge in [-0.05, 0) is 18.9 Å². The van der Waals surface area contributed by atoms with Gasteiger partial charge in [0, 0.05) is 0 Å². The van der Waals surface area contributed by atoms with Gasteiger partial charge in [-0.25, -0.2) is 0 Å². The lowest BCUT2D eigenvalue weighted by Gasteiger charge is -1.94. The van der Waals surface area contributed by atoms with Crippen LogP contribution in [-0.4, -0.2) is 0 Å². The molecule has 0 bridgehead atoms. The van der Waals surface area contributed by atoms with Crippen LogP contribution >= 0.6 is 0 Å². The summed E-state index contributed by atoms with van der Waals surface area (Å²) in [5, 5.41) is 0. The fraction of sp³-hybridized carbons (Fsp3) is 0.625. The molecule has 96 valence electrons. The molecule has 0 N–H and O–H groups in total. The summed E-state index contributed by atoms with van der Waals surface area (Å²) < 4.78 is 0. The highest BCUT2D eigenvalue weighted by Crippen LogP contribution is 2.02. The minimum absolute atomic E-state index is 1.14. The number of rotatable bonds is 1. The Morgan fingerprint density at radius 2 is 1.06 bits per heavy atom. The fourth-order valence-corrected chi connectivity index (χ4v) is 0.824. The van der Waals surface area contributed by atoms with Gasteiger partial charge in [-0.1, -0.05) is 84.7 Å². The van der Waals surface area contributed by atoms with Gasteiger partial charge < -0.3 is 0 Å². The van der Waals surface area contributed by atoms with E-state index in [1.54, 1.807) is 0 Å². The largest absolute Gasteiger partial charge is 0.0683 e. The van der Waals surface area contributed by atoms with Crippen LogP contribution in [0.3, 0.4) is 0 Å². The Labute approximate surface area is 104 Å². The molecule has 0 unspecified atom stereocenters. The molecule has 16 heavy (non-hydrogen) atoms. The van der Waals surface area contributed by atoms with Gasteiger partial charge in [0.25, 0.3) is 0 Å². The SMILES string of the molecule is CC.CC.CCC.CCc1ccc(C)cc1. The van der Waals surface area contributed by atoms with Crippen LogP contribution in [0.15, 0.2) is 24.3 Å². The van der Waals surface area contributed by atoms with Crippen LogP contribution in [-0.2, 0) is 6.42 Å². The Balaban J connectivity index is -0.000000206. The van der Waals surface area contributed by atoms with Gasteiger partial charge in [0.05, 0.1) is 0 Å². The van der Waals surface area contributed by atoms with Crippen LogP contribution in [0.5, 0.6) is 0 Å². The number of hydrogen-bond acceptors (Lipinski definition) is 0. The average molecular weight is 224 g/mol. The minimum Gasteiger partial charge on any atom is -0.0683 e. The van der Waals surface area contributed by atoms with Crippen LogP contribution in [0.1, 0.15) is 66.0 Å². The lowest BCUT2D eigenvalue weighted by Crippen LogP contribution is -1.77. The molecule has 0 aliphatic carbocycles. The third-order valence-corrected chi connectivity index (χ3v) is 1.53. The first-order chi connectivity index (χ1) is 7.74. The van der Waals surface area contributed by atoms with E-state index in [0.717, 1.165) is 6.42 Å². The van der Waals surface area contributed by atoms with Gasteiger partial charge in [-0.2, -0.15) is 0 Å². The van der Waals surface area contributed by atoms with Crippen molar-refractivity contribution in [2.24, 2.45) is 0 Å². The molecule has 0 fully saturated rings. The Morgan fingerprint density at radius 1 is 0.750 bits per heavy atom. The molecule has 0 aliphatic heterocycles. The average Bonchev–Trinajstić information content (AvgIpc) is 2.36. The van der Waals surface area contributed by atoms with E-state index in [1.165, 1.54) is 17.5 Å². The summed E-state index contributed by atoms with van der Waals surface area (Å²) >= 11 is 0. The Hall–Kier alpha value is -0.780. The first-order valence-electron chi connectivity index (χ1n) is 6.80. The summed E-state index contributed by atoms with van der Waals surface area (Å²) in [4.78, 5) is 0. The van der Waals surface area contributed by atoms with Gasteiger partial charge in [0.2, 0.25) is 0 Å². The van der Waals surface area contributed by atoms with Gasteiger partial charge in [0.1, 0.15) is 0 Å². The third kappa shape index (κ3) is 15.7. The van der Waals surface area contributed by atoms with E-state index in [9.17, 15) is 0 Å². The van der Waals surface area contributed by atoms with Crippen molar-refractivity contribution in [1.29, 1.82) is 0 Å². The van der Waals surface area contributed by atoms with Crippen LogP contribution in [0, 0.1) is 6.92 Å². The molecule has 0 radical (unpaired) electrons. The normalized spacial score (nSPS) is 7.25. The maximum Gasteiger partial charge on any atom is -0.0307 e. The first kappa shape index (κ1) is 20.6. The standard InChI is InChI=1S/C9H12.C3H8.2C2H6/c1-3-9-6-4-8(2)5-7-9;1-3-2;2*1-2/h4-7H,3H2,1-2H3;3H2,1-2H3;2*1-2H3. The van der Waals surface area contributed by atoms with E-state index in [0.29, 0.717) is 0 Å². The minimum atomic E-state index is 1.14. The summed E-state index contributed by atoms with van der Waals surface area (Å²) in [6.07, 6.45) is 2.39. The highest BCUT2D eigenvalue weighted by molar-refractivity contribution is 5.20. The van der Waals surface area contributed by atoms with E-state index in [-0.39, 0.29) is 0 Å². The predicted molar refractivity (Wildman–Crippen MR) is 79.2 cm³/mol. The molecule has 0 aliphatic rings. The summed E-state index contributed by atoms with van der Waals surface area (Å²) in [6, 6.07) is 8.66. The quantitative estimate of drug-likeness (QED) is 0.546. The Bertz CT molecular complexity index is 184. The monoisotopic (exact) mass is 224 g/mol. The van der Waals surface area contributed by atoms with Crippen molar-refractivity contribution in [2.45, 2.75) is 68.2 Å². The second-order valence-corrected chi connectivity index (χ2v) is 3.05. The Morgan fingerprint density at radius 3 is 1.31 bits per heavy atom. The fourth-order valence-electron chi connectivity index (χ4n) is 0.824. The summed E-state index contributed by atoms with van der Waals surface area (Å²) in [7, 11) is 0. The smallest absolute Gasteiger partial charge is 0.0307 e.